The van der Waals surface area contributed by atoms with Crippen LogP contribution >= 0.6 is 27.5 Å². The van der Waals surface area contributed by atoms with Crippen molar-refractivity contribution < 1.29 is 0 Å². The van der Waals surface area contributed by atoms with E-state index in [0.717, 1.165) is 15.6 Å². The van der Waals surface area contributed by atoms with Crippen molar-refractivity contribution in [2.45, 2.75) is 6.54 Å². The SMILES string of the molecule is Nc1cccc(-c2nnnn2Cc2ccc(Br)cc2)c1Cl. The molecule has 0 amide bonds. The van der Waals surface area contributed by atoms with Crippen LogP contribution in [0.15, 0.2) is 46.9 Å². The van der Waals surface area contributed by atoms with E-state index in [1.165, 1.54) is 0 Å². The molecule has 0 unspecified atom stereocenters. The van der Waals surface area contributed by atoms with Gasteiger partial charge in [0.2, 0.25) is 0 Å². The van der Waals surface area contributed by atoms with Crippen molar-refractivity contribution in [1.29, 1.82) is 0 Å². The lowest BCUT2D eigenvalue weighted by molar-refractivity contribution is 0.653. The molecule has 5 nitrogen and oxygen atoms in total. The van der Waals surface area contributed by atoms with E-state index in [4.69, 9.17) is 17.3 Å². The van der Waals surface area contributed by atoms with Crippen molar-refractivity contribution in [3.05, 3.63) is 57.5 Å². The minimum absolute atomic E-state index is 0.462. The summed E-state index contributed by atoms with van der Waals surface area (Å²) >= 11 is 9.65. The van der Waals surface area contributed by atoms with Gasteiger partial charge in [0.1, 0.15) is 0 Å². The molecule has 21 heavy (non-hydrogen) atoms. The lowest BCUT2D eigenvalue weighted by Crippen LogP contribution is -2.05. The third kappa shape index (κ3) is 2.91. The van der Waals surface area contributed by atoms with E-state index in [-0.39, 0.29) is 0 Å². The number of rotatable bonds is 3. The Balaban J connectivity index is 1.97. The normalized spacial score (nSPS) is 10.8. The van der Waals surface area contributed by atoms with Gasteiger partial charge in [-0.1, -0.05) is 45.7 Å². The Hall–Kier alpha value is -1.92. The number of hydrogen-bond donors (Lipinski definition) is 1. The van der Waals surface area contributed by atoms with Crippen LogP contribution < -0.4 is 5.73 Å². The number of nitrogen functional groups attached to an aromatic ring is 1. The van der Waals surface area contributed by atoms with Crippen LogP contribution in [-0.4, -0.2) is 20.2 Å². The molecule has 0 bridgehead atoms. The monoisotopic (exact) mass is 363 g/mol. The van der Waals surface area contributed by atoms with E-state index in [2.05, 4.69) is 31.5 Å². The lowest BCUT2D eigenvalue weighted by Gasteiger charge is -2.07. The molecule has 0 saturated carbocycles. The maximum absolute atomic E-state index is 6.24. The molecule has 1 heterocycles. The first-order chi connectivity index (χ1) is 10.1. The molecule has 2 N–H and O–H groups in total. The van der Waals surface area contributed by atoms with Gasteiger partial charge in [-0.25, -0.2) is 4.68 Å². The van der Waals surface area contributed by atoms with Crippen LogP contribution in [0.1, 0.15) is 5.56 Å². The van der Waals surface area contributed by atoms with Crippen LogP contribution in [0.3, 0.4) is 0 Å². The zero-order valence-corrected chi connectivity index (χ0v) is 13.2. The highest BCUT2D eigenvalue weighted by molar-refractivity contribution is 9.10. The number of benzene rings is 2. The van der Waals surface area contributed by atoms with Gasteiger partial charge in [-0.05, 0) is 40.3 Å². The number of tetrazole rings is 1. The number of nitrogens with zero attached hydrogens (tertiary/aromatic N) is 4. The largest absolute Gasteiger partial charge is 0.398 e. The van der Waals surface area contributed by atoms with Crippen molar-refractivity contribution >= 4 is 33.2 Å². The van der Waals surface area contributed by atoms with Gasteiger partial charge >= 0.3 is 0 Å². The number of hydrogen-bond acceptors (Lipinski definition) is 4. The van der Waals surface area contributed by atoms with Gasteiger partial charge in [-0.15, -0.1) is 5.10 Å². The molecular weight excluding hydrogens is 354 g/mol. The highest BCUT2D eigenvalue weighted by Gasteiger charge is 2.14. The van der Waals surface area contributed by atoms with E-state index in [1.807, 2.05) is 36.4 Å². The second-order valence-electron chi connectivity index (χ2n) is 4.50. The lowest BCUT2D eigenvalue weighted by atomic mass is 10.2. The number of nitrogens with two attached hydrogens (primary N) is 1. The highest BCUT2D eigenvalue weighted by Crippen LogP contribution is 2.30. The maximum atomic E-state index is 6.24. The first kappa shape index (κ1) is 14.0. The minimum Gasteiger partial charge on any atom is -0.398 e. The van der Waals surface area contributed by atoms with Gasteiger partial charge in [0.25, 0.3) is 0 Å². The molecule has 1 aromatic heterocycles. The van der Waals surface area contributed by atoms with Crippen LogP contribution in [0.4, 0.5) is 5.69 Å². The standard InChI is InChI=1S/C14H11BrClN5/c15-10-6-4-9(5-7-10)8-21-14(18-19-20-21)11-2-1-3-12(17)13(11)16/h1-7H,8,17H2. The zero-order valence-electron chi connectivity index (χ0n) is 10.9. The summed E-state index contributed by atoms with van der Waals surface area (Å²) in [5, 5.41) is 12.3. The summed E-state index contributed by atoms with van der Waals surface area (Å²) in [5.74, 6) is 0.593. The Bertz CT molecular complexity index is 769. The molecule has 0 saturated heterocycles. The van der Waals surface area contributed by atoms with Crippen LogP contribution in [0.2, 0.25) is 5.02 Å². The third-order valence-corrected chi connectivity index (χ3v) is 4.00. The molecule has 0 aliphatic heterocycles. The minimum atomic E-state index is 0.462. The summed E-state index contributed by atoms with van der Waals surface area (Å²) in [6.07, 6.45) is 0. The average Bonchev–Trinajstić information content (AvgIpc) is 2.92. The Kier molecular flexibility index (Phi) is 3.90. The quantitative estimate of drug-likeness (QED) is 0.723. The average molecular weight is 365 g/mol. The van der Waals surface area contributed by atoms with E-state index in [9.17, 15) is 0 Å². The second-order valence-corrected chi connectivity index (χ2v) is 5.79. The smallest absolute Gasteiger partial charge is 0.183 e. The predicted molar refractivity (Wildman–Crippen MR) is 85.9 cm³/mol. The predicted octanol–water partition coefficient (Wildman–Crippen LogP) is 3.39. The summed E-state index contributed by atoms with van der Waals surface area (Å²) in [4.78, 5) is 0. The molecule has 0 fully saturated rings. The molecule has 0 atom stereocenters. The van der Waals surface area contributed by atoms with Gasteiger partial charge in [-0.2, -0.15) is 0 Å². The Labute approximate surface area is 134 Å². The van der Waals surface area contributed by atoms with Gasteiger partial charge in [0.15, 0.2) is 5.82 Å². The molecule has 3 rings (SSSR count). The molecule has 3 aromatic rings. The van der Waals surface area contributed by atoms with E-state index < -0.39 is 0 Å². The summed E-state index contributed by atoms with van der Waals surface area (Å²) in [7, 11) is 0. The Morgan fingerprint density at radius 2 is 1.90 bits per heavy atom. The molecule has 0 spiro atoms. The van der Waals surface area contributed by atoms with Crippen molar-refractivity contribution in [3.8, 4) is 11.4 Å². The topological polar surface area (TPSA) is 69.6 Å². The van der Waals surface area contributed by atoms with Crippen LogP contribution in [0, 0.1) is 0 Å². The van der Waals surface area contributed by atoms with Crippen molar-refractivity contribution in [2.75, 3.05) is 5.73 Å². The van der Waals surface area contributed by atoms with Crippen LogP contribution in [0.25, 0.3) is 11.4 Å². The first-order valence-electron chi connectivity index (χ1n) is 6.20. The molecule has 0 aliphatic carbocycles. The molecule has 2 aromatic carbocycles. The Morgan fingerprint density at radius 3 is 2.67 bits per heavy atom. The van der Waals surface area contributed by atoms with E-state index in [1.54, 1.807) is 10.7 Å². The Morgan fingerprint density at radius 1 is 1.14 bits per heavy atom. The molecule has 106 valence electrons. The fourth-order valence-electron chi connectivity index (χ4n) is 1.99. The number of anilines is 1. The molecule has 0 aliphatic rings. The molecule has 7 heteroatoms. The van der Waals surface area contributed by atoms with Gasteiger partial charge in [0, 0.05) is 10.0 Å². The summed E-state index contributed by atoms with van der Waals surface area (Å²) in [6, 6.07) is 13.4. The number of aromatic nitrogens is 4. The maximum Gasteiger partial charge on any atom is 0.183 e. The second kappa shape index (κ2) is 5.83. The zero-order chi connectivity index (χ0) is 14.8. The highest BCUT2D eigenvalue weighted by atomic mass is 79.9. The first-order valence-corrected chi connectivity index (χ1v) is 7.37. The summed E-state index contributed by atoms with van der Waals surface area (Å²) < 4.78 is 2.73. The van der Waals surface area contributed by atoms with Crippen molar-refractivity contribution in [3.63, 3.8) is 0 Å². The van der Waals surface area contributed by atoms with E-state index >= 15 is 0 Å². The molecule has 0 radical (unpaired) electrons. The van der Waals surface area contributed by atoms with Gasteiger partial charge < -0.3 is 5.73 Å². The fraction of sp³-hybridized carbons (Fsp3) is 0.0714. The number of halogens is 2. The third-order valence-electron chi connectivity index (χ3n) is 3.05. The molecular formula is C14H11BrClN5. The van der Waals surface area contributed by atoms with Crippen LogP contribution in [0.5, 0.6) is 0 Å². The van der Waals surface area contributed by atoms with E-state index in [0.29, 0.717) is 23.1 Å². The fourth-order valence-corrected chi connectivity index (χ4v) is 2.46. The summed E-state index contributed by atoms with van der Waals surface area (Å²) in [6.45, 7) is 0.556. The summed E-state index contributed by atoms with van der Waals surface area (Å²) in [5.41, 5.74) is 8.15. The van der Waals surface area contributed by atoms with Gasteiger partial charge in [0.05, 0.1) is 17.3 Å². The van der Waals surface area contributed by atoms with Crippen LogP contribution in [-0.2, 0) is 6.54 Å². The van der Waals surface area contributed by atoms with Crippen molar-refractivity contribution in [2.24, 2.45) is 0 Å². The van der Waals surface area contributed by atoms with Crippen molar-refractivity contribution in [1.82, 2.24) is 20.2 Å². The van der Waals surface area contributed by atoms with Gasteiger partial charge in [-0.3, -0.25) is 0 Å².